The first-order valence-electron chi connectivity index (χ1n) is 8.90. The van der Waals surface area contributed by atoms with Gasteiger partial charge in [-0.1, -0.05) is 38.1 Å². The van der Waals surface area contributed by atoms with E-state index in [4.69, 9.17) is 5.11 Å². The van der Waals surface area contributed by atoms with E-state index in [0.717, 1.165) is 5.56 Å². The van der Waals surface area contributed by atoms with Crippen LogP contribution in [0.5, 0.6) is 0 Å². The highest BCUT2D eigenvalue weighted by atomic mass is 16.4. The third kappa shape index (κ3) is 6.77. The van der Waals surface area contributed by atoms with E-state index < -0.39 is 35.8 Å². The molecule has 1 rings (SSSR count). The van der Waals surface area contributed by atoms with Crippen molar-refractivity contribution in [2.45, 2.75) is 58.6 Å². The summed E-state index contributed by atoms with van der Waals surface area (Å²) in [5.41, 5.74) is 1.32. The van der Waals surface area contributed by atoms with Crippen LogP contribution in [0.3, 0.4) is 0 Å². The molecule has 4 atom stereocenters. The lowest BCUT2D eigenvalue weighted by atomic mass is 9.81. The number of aliphatic hydroxyl groups is 1. The number of carboxylic acids is 2. The lowest BCUT2D eigenvalue weighted by Crippen LogP contribution is -2.44. The van der Waals surface area contributed by atoms with Crippen LogP contribution in [0.1, 0.15) is 51.7 Å². The number of hydrogen-bond acceptors (Lipinski definition) is 4. The van der Waals surface area contributed by atoms with Gasteiger partial charge in [0.15, 0.2) is 0 Å². The molecule has 4 N–H and O–H groups in total. The van der Waals surface area contributed by atoms with E-state index in [2.05, 4.69) is 5.32 Å². The fourth-order valence-electron chi connectivity index (χ4n) is 2.90. The van der Waals surface area contributed by atoms with Crippen LogP contribution in [0.25, 0.3) is 0 Å². The van der Waals surface area contributed by atoms with Crippen LogP contribution >= 0.6 is 0 Å². The number of β-amino-alcohol motifs (C(OH)–C–C–N with tert-alkyl or cyclic N) is 1. The van der Waals surface area contributed by atoms with Gasteiger partial charge >= 0.3 is 11.9 Å². The second-order valence-electron chi connectivity index (χ2n) is 8.04. The molecule has 0 fully saturated rings. The lowest BCUT2D eigenvalue weighted by Gasteiger charge is -2.30. The number of aliphatic hydroxyl groups excluding tert-OH is 1. The van der Waals surface area contributed by atoms with Gasteiger partial charge in [0.05, 0.1) is 17.9 Å². The second-order valence-corrected chi connectivity index (χ2v) is 8.04. The van der Waals surface area contributed by atoms with Crippen LogP contribution in [-0.4, -0.2) is 45.4 Å². The number of carbonyl (C=O) groups is 2. The van der Waals surface area contributed by atoms with Crippen molar-refractivity contribution in [1.82, 2.24) is 5.32 Å². The van der Waals surface area contributed by atoms with Crippen LogP contribution in [0, 0.1) is 11.8 Å². The van der Waals surface area contributed by atoms with Gasteiger partial charge in [-0.3, -0.25) is 9.59 Å². The molecule has 4 unspecified atom stereocenters. The van der Waals surface area contributed by atoms with Crippen molar-refractivity contribution in [3.8, 4) is 0 Å². The fourth-order valence-corrected chi connectivity index (χ4v) is 2.90. The van der Waals surface area contributed by atoms with Gasteiger partial charge in [-0.2, -0.15) is 0 Å². The van der Waals surface area contributed by atoms with E-state index in [1.165, 1.54) is 0 Å². The normalized spacial score (nSPS) is 16.5. The first kappa shape index (κ1) is 22.1. The standard InChI is InChI=1S/C20H31NO5/c1-12(18(23)24)9-14-7-6-8-15(10-14)17(13(2)19(25)26)16(22)11-21-20(3,4)5/h6-8,10,12-13,16-17,21-22H,9,11H2,1-5H3,(H,23,24)(H,25,26). The molecular formula is C20H31NO5. The third-order valence-corrected chi connectivity index (χ3v) is 4.48. The van der Waals surface area contributed by atoms with Crippen LogP contribution in [0.2, 0.25) is 0 Å². The Bertz CT molecular complexity index is 623. The summed E-state index contributed by atoms with van der Waals surface area (Å²) in [6.45, 7) is 9.41. The summed E-state index contributed by atoms with van der Waals surface area (Å²) in [6, 6.07) is 7.21. The number of aliphatic carboxylic acids is 2. The van der Waals surface area contributed by atoms with Gasteiger partial charge in [-0.05, 0) is 38.3 Å². The zero-order valence-electron chi connectivity index (χ0n) is 16.2. The summed E-state index contributed by atoms with van der Waals surface area (Å²) < 4.78 is 0. The fraction of sp³-hybridized carbons (Fsp3) is 0.600. The van der Waals surface area contributed by atoms with Crippen LogP contribution in [0.4, 0.5) is 0 Å². The Labute approximate surface area is 155 Å². The molecule has 6 nitrogen and oxygen atoms in total. The molecule has 1 aromatic carbocycles. The molecule has 0 amide bonds. The Balaban J connectivity index is 3.10. The maximum atomic E-state index is 11.6. The zero-order valence-corrected chi connectivity index (χ0v) is 16.2. The molecular weight excluding hydrogens is 334 g/mol. The molecule has 6 heteroatoms. The Kier molecular flexibility index (Phi) is 7.78. The summed E-state index contributed by atoms with van der Waals surface area (Å²) in [6.07, 6.45) is -0.527. The van der Waals surface area contributed by atoms with E-state index in [9.17, 15) is 19.8 Å². The van der Waals surface area contributed by atoms with Gasteiger partial charge in [0, 0.05) is 18.0 Å². The largest absolute Gasteiger partial charge is 0.481 e. The summed E-state index contributed by atoms with van der Waals surface area (Å²) in [5, 5.41) is 32.5. The van der Waals surface area contributed by atoms with Crippen molar-refractivity contribution >= 4 is 11.9 Å². The summed E-state index contributed by atoms with van der Waals surface area (Å²) in [7, 11) is 0. The van der Waals surface area contributed by atoms with Crippen LogP contribution in [-0.2, 0) is 16.0 Å². The molecule has 0 aromatic heterocycles. The Morgan fingerprint density at radius 2 is 1.73 bits per heavy atom. The molecule has 0 saturated heterocycles. The van der Waals surface area contributed by atoms with Crippen molar-refractivity contribution in [3.63, 3.8) is 0 Å². The highest BCUT2D eigenvalue weighted by Crippen LogP contribution is 2.30. The van der Waals surface area contributed by atoms with E-state index in [1.54, 1.807) is 26.0 Å². The maximum Gasteiger partial charge on any atom is 0.306 e. The average Bonchev–Trinajstić information content (AvgIpc) is 2.52. The maximum absolute atomic E-state index is 11.6. The van der Waals surface area contributed by atoms with Crippen molar-refractivity contribution in [2.75, 3.05) is 6.54 Å². The highest BCUT2D eigenvalue weighted by molar-refractivity contribution is 5.71. The molecule has 0 radical (unpaired) electrons. The molecule has 0 spiro atoms. The van der Waals surface area contributed by atoms with Crippen LogP contribution < -0.4 is 5.32 Å². The second kappa shape index (κ2) is 9.14. The van der Waals surface area contributed by atoms with Gasteiger partial charge in [0.1, 0.15) is 0 Å². The van der Waals surface area contributed by atoms with Gasteiger partial charge in [0.25, 0.3) is 0 Å². The predicted molar refractivity (Wildman–Crippen MR) is 100 cm³/mol. The molecule has 26 heavy (non-hydrogen) atoms. The van der Waals surface area contributed by atoms with Crippen LogP contribution in [0.15, 0.2) is 24.3 Å². The number of benzene rings is 1. The molecule has 0 heterocycles. The predicted octanol–water partition coefficient (Wildman–Crippen LogP) is 2.50. The van der Waals surface area contributed by atoms with E-state index >= 15 is 0 Å². The molecule has 0 bridgehead atoms. The van der Waals surface area contributed by atoms with Gasteiger partial charge in [0.2, 0.25) is 0 Å². The van der Waals surface area contributed by atoms with E-state index in [0.29, 0.717) is 12.0 Å². The summed E-state index contributed by atoms with van der Waals surface area (Å²) in [5.74, 6) is -3.76. The minimum absolute atomic E-state index is 0.198. The van der Waals surface area contributed by atoms with Gasteiger partial charge in [-0.25, -0.2) is 0 Å². The van der Waals surface area contributed by atoms with Crippen molar-refractivity contribution < 1.29 is 24.9 Å². The first-order valence-corrected chi connectivity index (χ1v) is 8.90. The smallest absolute Gasteiger partial charge is 0.306 e. The van der Waals surface area contributed by atoms with E-state index in [-0.39, 0.29) is 12.1 Å². The van der Waals surface area contributed by atoms with Crippen molar-refractivity contribution in [2.24, 2.45) is 11.8 Å². The minimum atomic E-state index is -0.978. The minimum Gasteiger partial charge on any atom is -0.481 e. The third-order valence-electron chi connectivity index (χ3n) is 4.48. The summed E-state index contributed by atoms with van der Waals surface area (Å²) in [4.78, 5) is 22.6. The Hall–Kier alpha value is -1.92. The zero-order chi connectivity index (χ0) is 20.1. The lowest BCUT2D eigenvalue weighted by molar-refractivity contribution is -0.143. The molecule has 0 aliphatic rings. The topological polar surface area (TPSA) is 107 Å². The van der Waals surface area contributed by atoms with Crippen molar-refractivity contribution in [3.05, 3.63) is 35.4 Å². The SMILES string of the molecule is CC(Cc1cccc(C(C(O)CNC(C)(C)C)C(C)C(=O)O)c1)C(=O)O. The monoisotopic (exact) mass is 365 g/mol. The van der Waals surface area contributed by atoms with Gasteiger partial charge < -0.3 is 20.6 Å². The van der Waals surface area contributed by atoms with Gasteiger partial charge in [-0.15, -0.1) is 0 Å². The molecule has 146 valence electrons. The highest BCUT2D eigenvalue weighted by Gasteiger charge is 2.32. The van der Waals surface area contributed by atoms with Crippen molar-refractivity contribution in [1.29, 1.82) is 0 Å². The molecule has 0 aliphatic carbocycles. The first-order chi connectivity index (χ1) is 11.9. The average molecular weight is 365 g/mol. The Morgan fingerprint density at radius 1 is 1.12 bits per heavy atom. The number of nitrogens with one attached hydrogen (secondary N) is 1. The molecule has 0 aliphatic heterocycles. The quantitative estimate of drug-likeness (QED) is 0.536. The number of carboxylic acid groups (broad SMARTS) is 2. The van der Waals surface area contributed by atoms with E-state index in [1.807, 2.05) is 32.9 Å². The number of rotatable bonds is 9. The summed E-state index contributed by atoms with van der Waals surface area (Å²) >= 11 is 0. The molecule has 1 aromatic rings. The molecule has 0 saturated carbocycles. The number of hydrogen-bond donors (Lipinski definition) is 4. The Morgan fingerprint density at radius 3 is 2.23 bits per heavy atom.